The standard InChI is InChI=1S/C12H22N2/c1-6-10-9(4)13-11(14-10)12(5,7-2)8-3/h6-8H2,1-5H3,(H,13,14). The Morgan fingerprint density at radius 3 is 2.14 bits per heavy atom. The van der Waals surface area contributed by atoms with Crippen LogP contribution in [0.2, 0.25) is 0 Å². The van der Waals surface area contributed by atoms with E-state index in [1.807, 2.05) is 0 Å². The van der Waals surface area contributed by atoms with Crippen molar-refractivity contribution in [2.75, 3.05) is 0 Å². The molecule has 0 unspecified atom stereocenters. The van der Waals surface area contributed by atoms with E-state index in [-0.39, 0.29) is 5.41 Å². The second kappa shape index (κ2) is 4.16. The van der Waals surface area contributed by atoms with Gasteiger partial charge < -0.3 is 4.98 Å². The lowest BCUT2D eigenvalue weighted by Gasteiger charge is -2.23. The van der Waals surface area contributed by atoms with Crippen LogP contribution in [0, 0.1) is 6.92 Å². The number of nitrogens with one attached hydrogen (secondary N) is 1. The molecule has 0 fully saturated rings. The molecular weight excluding hydrogens is 172 g/mol. The van der Waals surface area contributed by atoms with Gasteiger partial charge in [0.1, 0.15) is 5.82 Å². The maximum absolute atomic E-state index is 4.69. The molecule has 1 aromatic heterocycles. The van der Waals surface area contributed by atoms with Crippen molar-refractivity contribution < 1.29 is 0 Å². The van der Waals surface area contributed by atoms with Crippen molar-refractivity contribution in [3.8, 4) is 0 Å². The second-order valence-corrected chi connectivity index (χ2v) is 4.28. The first-order chi connectivity index (χ1) is 6.57. The Morgan fingerprint density at radius 1 is 1.21 bits per heavy atom. The third-order valence-corrected chi connectivity index (χ3v) is 3.45. The fourth-order valence-electron chi connectivity index (χ4n) is 1.71. The molecule has 0 amide bonds. The molecule has 0 atom stereocenters. The zero-order chi connectivity index (χ0) is 10.8. The number of hydrogen-bond donors (Lipinski definition) is 1. The fourth-order valence-corrected chi connectivity index (χ4v) is 1.71. The van der Waals surface area contributed by atoms with Crippen LogP contribution in [-0.2, 0) is 11.8 Å². The minimum atomic E-state index is 0.220. The van der Waals surface area contributed by atoms with E-state index in [0.717, 1.165) is 25.1 Å². The molecule has 0 radical (unpaired) electrons. The first kappa shape index (κ1) is 11.3. The van der Waals surface area contributed by atoms with Gasteiger partial charge in [-0.3, -0.25) is 0 Å². The first-order valence-electron chi connectivity index (χ1n) is 5.63. The number of aromatic amines is 1. The van der Waals surface area contributed by atoms with Crippen LogP contribution in [0.4, 0.5) is 0 Å². The van der Waals surface area contributed by atoms with Gasteiger partial charge in [-0.15, -0.1) is 0 Å². The normalized spacial score (nSPS) is 12.1. The number of aryl methyl sites for hydroxylation is 2. The Hall–Kier alpha value is -0.790. The lowest BCUT2D eigenvalue weighted by atomic mass is 9.84. The Labute approximate surface area is 87.1 Å². The predicted molar refractivity (Wildman–Crippen MR) is 60.6 cm³/mol. The predicted octanol–water partition coefficient (Wildman–Crippen LogP) is 3.36. The maximum atomic E-state index is 4.69. The molecule has 1 rings (SSSR count). The van der Waals surface area contributed by atoms with Gasteiger partial charge in [0.25, 0.3) is 0 Å². The summed E-state index contributed by atoms with van der Waals surface area (Å²) in [5, 5.41) is 0. The van der Waals surface area contributed by atoms with Gasteiger partial charge >= 0.3 is 0 Å². The third-order valence-electron chi connectivity index (χ3n) is 3.45. The molecule has 0 bridgehead atoms. The van der Waals surface area contributed by atoms with E-state index >= 15 is 0 Å². The third kappa shape index (κ3) is 1.84. The van der Waals surface area contributed by atoms with Crippen molar-refractivity contribution in [1.82, 2.24) is 9.97 Å². The fraction of sp³-hybridized carbons (Fsp3) is 0.750. The summed E-state index contributed by atoms with van der Waals surface area (Å²) in [7, 11) is 0. The highest BCUT2D eigenvalue weighted by molar-refractivity contribution is 5.18. The topological polar surface area (TPSA) is 28.7 Å². The van der Waals surface area contributed by atoms with Crippen LogP contribution >= 0.6 is 0 Å². The van der Waals surface area contributed by atoms with Crippen molar-refractivity contribution in [3.63, 3.8) is 0 Å². The number of nitrogens with zero attached hydrogens (tertiary/aromatic N) is 1. The van der Waals surface area contributed by atoms with Gasteiger partial charge in [0.2, 0.25) is 0 Å². The van der Waals surface area contributed by atoms with E-state index in [9.17, 15) is 0 Å². The second-order valence-electron chi connectivity index (χ2n) is 4.28. The molecule has 1 N–H and O–H groups in total. The molecule has 0 saturated carbocycles. The van der Waals surface area contributed by atoms with Crippen LogP contribution in [0.5, 0.6) is 0 Å². The highest BCUT2D eigenvalue weighted by Gasteiger charge is 2.26. The monoisotopic (exact) mass is 194 g/mol. The average Bonchev–Trinajstić information content (AvgIpc) is 2.59. The summed E-state index contributed by atoms with van der Waals surface area (Å²) in [6.07, 6.45) is 3.30. The summed E-state index contributed by atoms with van der Waals surface area (Å²) in [6, 6.07) is 0. The SMILES string of the molecule is CCc1nc(C(C)(CC)CC)[nH]c1C. The molecule has 80 valence electrons. The molecule has 0 aromatic carbocycles. The van der Waals surface area contributed by atoms with Gasteiger partial charge in [0.05, 0.1) is 5.69 Å². The average molecular weight is 194 g/mol. The minimum Gasteiger partial charge on any atom is -0.345 e. The van der Waals surface area contributed by atoms with Crippen LogP contribution in [0.25, 0.3) is 0 Å². The van der Waals surface area contributed by atoms with Gasteiger partial charge in [-0.2, -0.15) is 0 Å². The van der Waals surface area contributed by atoms with E-state index in [1.54, 1.807) is 0 Å². The zero-order valence-corrected chi connectivity index (χ0v) is 10.1. The smallest absolute Gasteiger partial charge is 0.112 e. The Balaban J connectivity index is 3.06. The zero-order valence-electron chi connectivity index (χ0n) is 10.1. The number of hydrogen-bond acceptors (Lipinski definition) is 1. The molecule has 0 aliphatic carbocycles. The highest BCUT2D eigenvalue weighted by atomic mass is 15.0. The first-order valence-corrected chi connectivity index (χ1v) is 5.63. The molecule has 2 nitrogen and oxygen atoms in total. The van der Waals surface area contributed by atoms with E-state index in [0.29, 0.717) is 0 Å². The summed E-state index contributed by atoms with van der Waals surface area (Å²) >= 11 is 0. The molecule has 0 aliphatic heterocycles. The number of rotatable bonds is 4. The molecule has 0 spiro atoms. The van der Waals surface area contributed by atoms with E-state index in [1.165, 1.54) is 11.4 Å². The summed E-state index contributed by atoms with van der Waals surface area (Å²) in [5.41, 5.74) is 2.67. The summed E-state index contributed by atoms with van der Waals surface area (Å²) in [5.74, 6) is 1.16. The van der Waals surface area contributed by atoms with Gasteiger partial charge in [-0.05, 0) is 26.2 Å². The largest absolute Gasteiger partial charge is 0.345 e. The van der Waals surface area contributed by atoms with Crippen LogP contribution in [0.3, 0.4) is 0 Å². The number of aromatic nitrogens is 2. The molecule has 1 heterocycles. The van der Waals surface area contributed by atoms with E-state index < -0.39 is 0 Å². The Morgan fingerprint density at radius 2 is 1.79 bits per heavy atom. The molecule has 14 heavy (non-hydrogen) atoms. The van der Waals surface area contributed by atoms with Crippen molar-refractivity contribution >= 4 is 0 Å². The van der Waals surface area contributed by atoms with Gasteiger partial charge in [0.15, 0.2) is 0 Å². The molecule has 0 saturated heterocycles. The lowest BCUT2D eigenvalue weighted by Crippen LogP contribution is -2.21. The highest BCUT2D eigenvalue weighted by Crippen LogP contribution is 2.29. The van der Waals surface area contributed by atoms with Crippen LogP contribution in [0.15, 0.2) is 0 Å². The van der Waals surface area contributed by atoms with Crippen LogP contribution in [-0.4, -0.2) is 9.97 Å². The van der Waals surface area contributed by atoms with Crippen molar-refractivity contribution in [2.45, 2.75) is 59.3 Å². The van der Waals surface area contributed by atoms with Crippen molar-refractivity contribution in [1.29, 1.82) is 0 Å². The molecular formula is C12H22N2. The molecule has 2 heteroatoms. The summed E-state index contributed by atoms with van der Waals surface area (Å²) in [4.78, 5) is 8.11. The summed E-state index contributed by atoms with van der Waals surface area (Å²) < 4.78 is 0. The van der Waals surface area contributed by atoms with Gasteiger partial charge in [0, 0.05) is 11.1 Å². The van der Waals surface area contributed by atoms with Gasteiger partial charge in [-0.1, -0.05) is 27.7 Å². The van der Waals surface area contributed by atoms with Crippen molar-refractivity contribution in [2.24, 2.45) is 0 Å². The molecule has 0 aliphatic rings. The quantitative estimate of drug-likeness (QED) is 0.782. The number of H-pyrrole nitrogens is 1. The number of imidazole rings is 1. The van der Waals surface area contributed by atoms with E-state index in [4.69, 9.17) is 0 Å². The van der Waals surface area contributed by atoms with E-state index in [2.05, 4.69) is 44.6 Å². The minimum absolute atomic E-state index is 0.220. The van der Waals surface area contributed by atoms with Gasteiger partial charge in [-0.25, -0.2) is 4.98 Å². The lowest BCUT2D eigenvalue weighted by molar-refractivity contribution is 0.414. The van der Waals surface area contributed by atoms with Crippen LogP contribution < -0.4 is 0 Å². The Kier molecular flexibility index (Phi) is 3.35. The maximum Gasteiger partial charge on any atom is 0.112 e. The van der Waals surface area contributed by atoms with Crippen molar-refractivity contribution in [3.05, 3.63) is 17.2 Å². The Bertz CT molecular complexity index is 295. The van der Waals surface area contributed by atoms with Crippen LogP contribution in [0.1, 0.15) is 57.7 Å². The summed E-state index contributed by atoms with van der Waals surface area (Å²) in [6.45, 7) is 11.0. The molecule has 1 aromatic rings.